The van der Waals surface area contributed by atoms with Crippen LogP contribution in [0.5, 0.6) is 0 Å². The van der Waals surface area contributed by atoms with E-state index in [0.29, 0.717) is 19.5 Å². The normalized spacial score (nSPS) is 29.4. The summed E-state index contributed by atoms with van der Waals surface area (Å²) in [4.78, 5) is 28.2. The summed E-state index contributed by atoms with van der Waals surface area (Å²) in [7, 11) is 0. The van der Waals surface area contributed by atoms with Crippen LogP contribution in [0.2, 0.25) is 0 Å². The highest BCUT2D eigenvalue weighted by atomic mass is 16.3. The third kappa shape index (κ3) is 3.96. The average molecular weight is 412 g/mol. The highest BCUT2D eigenvalue weighted by Gasteiger charge is 2.59. The summed E-state index contributed by atoms with van der Waals surface area (Å²) < 4.78 is 0. The molecule has 2 unspecified atom stereocenters. The van der Waals surface area contributed by atoms with Crippen LogP contribution in [-0.2, 0) is 21.7 Å². The number of hydrogen-bond acceptors (Lipinski definition) is 5. The fourth-order valence-corrected chi connectivity index (χ4v) is 5.22. The van der Waals surface area contributed by atoms with Crippen LogP contribution in [-0.4, -0.2) is 53.5 Å². The first kappa shape index (κ1) is 21.2. The van der Waals surface area contributed by atoms with Gasteiger partial charge in [-0.25, -0.2) is 0 Å². The molecule has 3 N–H and O–H groups in total. The maximum atomic E-state index is 13.6. The Morgan fingerprint density at radius 2 is 1.93 bits per heavy atom. The van der Waals surface area contributed by atoms with Crippen molar-refractivity contribution in [2.45, 2.75) is 62.6 Å². The second-order valence-electron chi connectivity index (χ2n) is 8.87. The molecule has 0 spiro atoms. The Bertz CT molecular complexity index is 816. The molecule has 30 heavy (non-hydrogen) atoms. The van der Waals surface area contributed by atoms with E-state index in [0.717, 1.165) is 37.2 Å². The zero-order valence-electron chi connectivity index (χ0n) is 17.7. The molecule has 0 aromatic heterocycles. The molecule has 1 aliphatic carbocycles. The van der Waals surface area contributed by atoms with Crippen LogP contribution < -0.4 is 10.6 Å². The number of benzene rings is 1. The summed E-state index contributed by atoms with van der Waals surface area (Å²) in [5.41, 5.74) is -1.18. The Morgan fingerprint density at radius 1 is 1.17 bits per heavy atom. The molecule has 6 heteroatoms. The van der Waals surface area contributed by atoms with E-state index < -0.39 is 11.1 Å². The van der Waals surface area contributed by atoms with E-state index in [2.05, 4.69) is 15.5 Å². The minimum Gasteiger partial charge on any atom is -0.382 e. The minimum atomic E-state index is -1.58. The number of likely N-dealkylation sites (tertiary alicyclic amines) is 1. The Kier molecular flexibility index (Phi) is 6.37. The van der Waals surface area contributed by atoms with Crippen molar-refractivity contribution < 1.29 is 14.7 Å². The smallest absolute Gasteiger partial charge is 0.248 e. The maximum Gasteiger partial charge on any atom is 0.248 e. The lowest BCUT2D eigenvalue weighted by molar-refractivity contribution is -0.141. The zero-order chi connectivity index (χ0) is 21.0. The Labute approximate surface area is 178 Å². The second-order valence-corrected chi connectivity index (χ2v) is 8.87. The van der Waals surface area contributed by atoms with Gasteiger partial charge in [0.1, 0.15) is 11.4 Å². The van der Waals surface area contributed by atoms with Gasteiger partial charge in [0.2, 0.25) is 5.91 Å². The molecular weight excluding hydrogens is 378 g/mol. The van der Waals surface area contributed by atoms with E-state index in [-0.39, 0.29) is 18.1 Å². The number of rotatable bonds is 6. The van der Waals surface area contributed by atoms with Gasteiger partial charge in [-0.3, -0.25) is 14.9 Å². The van der Waals surface area contributed by atoms with Crippen molar-refractivity contribution >= 4 is 11.7 Å². The summed E-state index contributed by atoms with van der Waals surface area (Å²) >= 11 is 0. The number of amides is 1. The summed E-state index contributed by atoms with van der Waals surface area (Å²) in [5, 5.41) is 17.9. The van der Waals surface area contributed by atoms with E-state index in [1.807, 2.05) is 24.3 Å². The van der Waals surface area contributed by atoms with Gasteiger partial charge in [-0.05, 0) is 50.0 Å². The lowest BCUT2D eigenvalue weighted by atomic mass is 9.69. The van der Waals surface area contributed by atoms with Gasteiger partial charge in [0.25, 0.3) is 0 Å². The fraction of sp³-hybridized carbons (Fsp3) is 0.583. The van der Waals surface area contributed by atoms with Gasteiger partial charge in [-0.15, -0.1) is 0 Å². The number of allylic oxidation sites excluding steroid dienone is 1. The molecule has 1 fully saturated rings. The van der Waals surface area contributed by atoms with Crippen LogP contribution in [0.4, 0.5) is 0 Å². The average Bonchev–Trinajstić information content (AvgIpc) is 2.95. The first-order valence-electron chi connectivity index (χ1n) is 11.3. The highest BCUT2D eigenvalue weighted by molar-refractivity contribution is 5.93. The van der Waals surface area contributed by atoms with Gasteiger partial charge in [-0.2, -0.15) is 0 Å². The maximum absolute atomic E-state index is 13.6. The predicted octanol–water partition coefficient (Wildman–Crippen LogP) is 2.02. The van der Waals surface area contributed by atoms with E-state index >= 15 is 0 Å². The SMILES string of the molecule is O=C1CC=CC(O)(C2(C(=O)NCCCN3CCCCCC3)NCc3ccccc32)C1. The van der Waals surface area contributed by atoms with Crippen LogP contribution in [0.25, 0.3) is 0 Å². The first-order chi connectivity index (χ1) is 14.6. The Hall–Kier alpha value is -2.02. The topological polar surface area (TPSA) is 81.7 Å². The number of hydrogen-bond donors (Lipinski definition) is 3. The molecule has 1 aromatic carbocycles. The molecular formula is C24H33N3O3. The van der Waals surface area contributed by atoms with E-state index in [4.69, 9.17) is 0 Å². The van der Waals surface area contributed by atoms with Crippen molar-refractivity contribution in [3.8, 4) is 0 Å². The number of ketones is 1. The van der Waals surface area contributed by atoms with Gasteiger partial charge >= 0.3 is 0 Å². The molecule has 4 rings (SSSR count). The monoisotopic (exact) mass is 411 g/mol. The molecule has 1 aromatic rings. The molecule has 2 heterocycles. The number of nitrogens with one attached hydrogen (secondary N) is 2. The van der Waals surface area contributed by atoms with Crippen LogP contribution in [0.3, 0.4) is 0 Å². The summed E-state index contributed by atoms with van der Waals surface area (Å²) in [6.45, 7) is 4.29. The molecule has 1 saturated heterocycles. The van der Waals surface area contributed by atoms with Gasteiger partial charge in [0.15, 0.2) is 5.54 Å². The molecule has 162 valence electrons. The number of fused-ring (bicyclic) bond motifs is 1. The largest absolute Gasteiger partial charge is 0.382 e. The third-order valence-corrected chi connectivity index (χ3v) is 6.80. The Morgan fingerprint density at radius 3 is 2.70 bits per heavy atom. The van der Waals surface area contributed by atoms with Crippen LogP contribution >= 0.6 is 0 Å². The number of carbonyl (C=O) groups excluding carboxylic acids is 2. The second kappa shape index (κ2) is 9.00. The van der Waals surface area contributed by atoms with Crippen molar-refractivity contribution in [2.75, 3.05) is 26.2 Å². The van der Waals surface area contributed by atoms with Crippen molar-refractivity contribution in [1.29, 1.82) is 0 Å². The molecule has 0 radical (unpaired) electrons. The predicted molar refractivity (Wildman–Crippen MR) is 116 cm³/mol. The van der Waals surface area contributed by atoms with E-state index in [9.17, 15) is 14.7 Å². The first-order valence-corrected chi connectivity index (χ1v) is 11.3. The molecule has 0 saturated carbocycles. The highest BCUT2D eigenvalue weighted by Crippen LogP contribution is 2.44. The Balaban J connectivity index is 1.49. The molecule has 2 atom stereocenters. The number of carbonyl (C=O) groups is 2. The van der Waals surface area contributed by atoms with Crippen molar-refractivity contribution in [3.05, 3.63) is 47.5 Å². The number of aliphatic hydroxyl groups is 1. The van der Waals surface area contributed by atoms with Gasteiger partial charge in [-0.1, -0.05) is 49.3 Å². The van der Waals surface area contributed by atoms with Gasteiger partial charge in [0, 0.05) is 25.9 Å². The number of nitrogens with zero attached hydrogens (tertiary/aromatic N) is 1. The van der Waals surface area contributed by atoms with E-state index in [1.54, 1.807) is 12.2 Å². The quantitative estimate of drug-likeness (QED) is 0.493. The summed E-state index contributed by atoms with van der Waals surface area (Å²) in [5.74, 6) is -0.315. The fourth-order valence-electron chi connectivity index (χ4n) is 5.22. The van der Waals surface area contributed by atoms with Gasteiger partial charge < -0.3 is 15.3 Å². The van der Waals surface area contributed by atoms with Crippen molar-refractivity contribution in [2.24, 2.45) is 0 Å². The van der Waals surface area contributed by atoms with Crippen molar-refractivity contribution in [1.82, 2.24) is 15.5 Å². The van der Waals surface area contributed by atoms with Crippen LogP contribution in [0.1, 0.15) is 56.1 Å². The number of Topliss-reactive ketones (excluding diaryl/α,β-unsaturated/α-hetero) is 1. The van der Waals surface area contributed by atoms with Crippen LogP contribution in [0.15, 0.2) is 36.4 Å². The molecule has 6 nitrogen and oxygen atoms in total. The minimum absolute atomic E-state index is 0.0560. The third-order valence-electron chi connectivity index (χ3n) is 6.80. The standard InChI is InChI=1S/C24H33N3O3/c28-20-10-7-12-23(30,17-20)24(21-11-4-3-9-19(21)18-26-24)22(29)25-13-8-16-27-14-5-1-2-6-15-27/h3-4,7,9,11-12,26,30H,1-2,5-6,8,10,13-18H2,(H,25,29). The molecule has 3 aliphatic rings. The van der Waals surface area contributed by atoms with Crippen LogP contribution in [0, 0.1) is 0 Å². The lowest BCUT2D eigenvalue weighted by Gasteiger charge is -2.43. The van der Waals surface area contributed by atoms with E-state index in [1.165, 1.54) is 25.7 Å². The van der Waals surface area contributed by atoms with Crippen molar-refractivity contribution in [3.63, 3.8) is 0 Å². The molecule has 1 amide bonds. The summed E-state index contributed by atoms with van der Waals surface area (Å²) in [6, 6.07) is 7.66. The lowest BCUT2D eigenvalue weighted by Crippen LogP contribution is -2.66. The zero-order valence-corrected chi connectivity index (χ0v) is 17.7. The van der Waals surface area contributed by atoms with Gasteiger partial charge in [0.05, 0.1) is 0 Å². The molecule has 2 aliphatic heterocycles. The molecule has 0 bridgehead atoms. The summed E-state index contributed by atoms with van der Waals surface area (Å²) in [6.07, 6.45) is 9.56.